The van der Waals surface area contributed by atoms with Crippen molar-refractivity contribution in [3.8, 4) is 0 Å². The number of fused-ring (bicyclic) bond motifs is 1. The Morgan fingerprint density at radius 1 is 1.15 bits per heavy atom. The van der Waals surface area contributed by atoms with E-state index in [2.05, 4.69) is 24.0 Å². The number of aromatic amines is 1. The van der Waals surface area contributed by atoms with Gasteiger partial charge in [-0.25, -0.2) is 4.79 Å². The molecule has 0 fully saturated rings. The molecule has 1 aromatic heterocycles. The van der Waals surface area contributed by atoms with Gasteiger partial charge in [-0.15, -0.1) is 0 Å². The molecule has 0 bridgehead atoms. The van der Waals surface area contributed by atoms with E-state index in [0.29, 0.717) is 12.0 Å². The van der Waals surface area contributed by atoms with Crippen molar-refractivity contribution in [3.63, 3.8) is 0 Å². The maximum Gasteiger partial charge on any atom is 0.335 e. The van der Waals surface area contributed by atoms with Crippen LogP contribution in [0.5, 0.6) is 0 Å². The zero-order chi connectivity index (χ0) is 19.4. The topological polar surface area (TPSA) is 73.3 Å². The summed E-state index contributed by atoms with van der Waals surface area (Å²) < 4.78 is 0. The van der Waals surface area contributed by atoms with Crippen molar-refractivity contribution in [2.45, 2.75) is 52.1 Å². The second-order valence-corrected chi connectivity index (χ2v) is 7.18. The Morgan fingerprint density at radius 3 is 2.56 bits per heavy atom. The highest BCUT2D eigenvalue weighted by atomic mass is 16.4. The Balaban J connectivity index is 2.04. The number of hydrogen-bond acceptors (Lipinski definition) is 2. The van der Waals surface area contributed by atoms with Gasteiger partial charge >= 0.3 is 5.97 Å². The van der Waals surface area contributed by atoms with Gasteiger partial charge in [0.05, 0.1) is 11.7 Å². The minimum Gasteiger partial charge on any atom is -0.478 e. The molecule has 2 aromatic carbocycles. The largest absolute Gasteiger partial charge is 0.478 e. The zero-order valence-electron chi connectivity index (χ0n) is 16.0. The Morgan fingerprint density at radius 2 is 1.89 bits per heavy atom. The first-order chi connectivity index (χ1) is 13.0. The fraction of sp³-hybridized carbons (Fsp3) is 0.348. The van der Waals surface area contributed by atoms with E-state index < -0.39 is 12.1 Å². The quantitative estimate of drug-likeness (QED) is 0.515. The predicted molar refractivity (Wildman–Crippen MR) is 108 cm³/mol. The van der Waals surface area contributed by atoms with E-state index in [1.54, 1.807) is 13.0 Å². The molecule has 0 amide bonds. The van der Waals surface area contributed by atoms with E-state index in [9.17, 15) is 15.0 Å². The SMILES string of the molecule is CCCC[C@H](O)c1[nH]c2cc(C)c(C(=O)O)cc2c1CCc1ccccc1. The molecule has 0 aliphatic rings. The van der Waals surface area contributed by atoms with Crippen molar-refractivity contribution in [2.24, 2.45) is 0 Å². The van der Waals surface area contributed by atoms with Crippen LogP contribution < -0.4 is 0 Å². The van der Waals surface area contributed by atoms with E-state index in [-0.39, 0.29) is 0 Å². The van der Waals surface area contributed by atoms with Gasteiger partial charge in [0.25, 0.3) is 0 Å². The Labute approximate surface area is 159 Å². The molecular formula is C23H27NO3. The van der Waals surface area contributed by atoms with Crippen molar-refractivity contribution in [2.75, 3.05) is 0 Å². The number of aliphatic hydroxyl groups is 1. The van der Waals surface area contributed by atoms with Gasteiger partial charge in [-0.05, 0) is 55.0 Å². The monoisotopic (exact) mass is 365 g/mol. The van der Waals surface area contributed by atoms with Crippen molar-refractivity contribution in [3.05, 3.63) is 70.4 Å². The van der Waals surface area contributed by atoms with E-state index in [1.807, 2.05) is 24.3 Å². The van der Waals surface area contributed by atoms with Crippen molar-refractivity contribution in [1.82, 2.24) is 4.98 Å². The van der Waals surface area contributed by atoms with Gasteiger partial charge in [-0.2, -0.15) is 0 Å². The molecular weight excluding hydrogens is 338 g/mol. The number of benzene rings is 2. The van der Waals surface area contributed by atoms with Gasteiger partial charge in [0, 0.05) is 16.6 Å². The lowest BCUT2D eigenvalue weighted by Crippen LogP contribution is -2.03. The molecule has 4 heteroatoms. The maximum absolute atomic E-state index is 11.6. The number of unbranched alkanes of at least 4 members (excludes halogenated alkanes) is 1. The molecule has 0 saturated carbocycles. The number of H-pyrrole nitrogens is 1. The van der Waals surface area contributed by atoms with Gasteiger partial charge in [0.2, 0.25) is 0 Å². The van der Waals surface area contributed by atoms with Gasteiger partial charge in [-0.1, -0.05) is 50.1 Å². The summed E-state index contributed by atoms with van der Waals surface area (Å²) in [7, 11) is 0. The second-order valence-electron chi connectivity index (χ2n) is 7.18. The average Bonchev–Trinajstić information content (AvgIpc) is 3.01. The van der Waals surface area contributed by atoms with Crippen LogP contribution in [0.4, 0.5) is 0 Å². The van der Waals surface area contributed by atoms with E-state index in [4.69, 9.17) is 0 Å². The molecule has 3 rings (SSSR count). The zero-order valence-corrected chi connectivity index (χ0v) is 16.0. The summed E-state index contributed by atoms with van der Waals surface area (Å²) in [6, 6.07) is 13.8. The summed E-state index contributed by atoms with van der Waals surface area (Å²) in [5.41, 5.74) is 5.02. The number of nitrogens with one attached hydrogen (secondary N) is 1. The molecule has 0 radical (unpaired) electrons. The van der Waals surface area contributed by atoms with Crippen LogP contribution in [-0.2, 0) is 12.8 Å². The van der Waals surface area contributed by atoms with Gasteiger partial charge in [0.1, 0.15) is 0 Å². The van der Waals surface area contributed by atoms with Gasteiger partial charge < -0.3 is 15.2 Å². The smallest absolute Gasteiger partial charge is 0.335 e. The normalized spacial score (nSPS) is 12.4. The van der Waals surface area contributed by atoms with Crippen LogP contribution in [0.15, 0.2) is 42.5 Å². The van der Waals surface area contributed by atoms with Crippen LogP contribution in [-0.4, -0.2) is 21.2 Å². The number of hydrogen-bond donors (Lipinski definition) is 3. The predicted octanol–water partition coefficient (Wildman–Crippen LogP) is 5.18. The number of carboxylic acids is 1. The first-order valence-electron chi connectivity index (χ1n) is 9.61. The Bertz CT molecular complexity index is 928. The molecule has 0 saturated heterocycles. The van der Waals surface area contributed by atoms with Crippen LogP contribution in [0.1, 0.15) is 65.0 Å². The summed E-state index contributed by atoms with van der Waals surface area (Å²) >= 11 is 0. The van der Waals surface area contributed by atoms with Crippen LogP contribution in [0.25, 0.3) is 10.9 Å². The van der Waals surface area contributed by atoms with Crippen molar-refractivity contribution in [1.29, 1.82) is 0 Å². The first-order valence-corrected chi connectivity index (χ1v) is 9.61. The molecule has 3 aromatic rings. The minimum absolute atomic E-state index is 0.317. The second kappa shape index (κ2) is 8.40. The third kappa shape index (κ3) is 4.22. The fourth-order valence-electron chi connectivity index (χ4n) is 3.67. The lowest BCUT2D eigenvalue weighted by atomic mass is 9.96. The molecule has 0 spiro atoms. The Kier molecular flexibility index (Phi) is 5.97. The molecule has 142 valence electrons. The lowest BCUT2D eigenvalue weighted by Gasteiger charge is -2.12. The molecule has 1 atom stereocenters. The van der Waals surface area contributed by atoms with Crippen LogP contribution in [0, 0.1) is 6.92 Å². The number of rotatable bonds is 8. The molecule has 0 unspecified atom stereocenters. The summed E-state index contributed by atoms with van der Waals surface area (Å²) in [5, 5.41) is 21.1. The van der Waals surface area contributed by atoms with Gasteiger partial charge in [0.15, 0.2) is 0 Å². The summed E-state index contributed by atoms with van der Waals surface area (Å²) in [6.45, 7) is 3.91. The highest BCUT2D eigenvalue weighted by Crippen LogP contribution is 2.32. The molecule has 0 aliphatic heterocycles. The number of carbonyl (C=O) groups is 1. The molecule has 3 N–H and O–H groups in total. The molecule has 4 nitrogen and oxygen atoms in total. The standard InChI is InChI=1S/C23H27NO3/c1-3-4-10-21(25)22-17(12-11-16-8-6-5-7-9-16)19-14-18(23(26)27)15(2)13-20(19)24-22/h5-9,13-14,21,24-25H,3-4,10-12H2,1-2H3,(H,26,27)/t21-/m0/s1. The molecule has 0 aliphatic carbocycles. The number of aryl methyl sites for hydroxylation is 3. The van der Waals surface area contributed by atoms with Crippen molar-refractivity contribution < 1.29 is 15.0 Å². The van der Waals surface area contributed by atoms with E-state index in [0.717, 1.165) is 53.4 Å². The summed E-state index contributed by atoms with van der Waals surface area (Å²) in [6.07, 6.45) is 3.72. The highest BCUT2D eigenvalue weighted by Gasteiger charge is 2.20. The summed E-state index contributed by atoms with van der Waals surface area (Å²) in [4.78, 5) is 15.0. The number of aromatic nitrogens is 1. The summed E-state index contributed by atoms with van der Waals surface area (Å²) in [5.74, 6) is -0.919. The van der Waals surface area contributed by atoms with Crippen LogP contribution >= 0.6 is 0 Å². The highest BCUT2D eigenvalue weighted by molar-refractivity contribution is 5.97. The van der Waals surface area contributed by atoms with Crippen LogP contribution in [0.3, 0.4) is 0 Å². The maximum atomic E-state index is 11.6. The first kappa shape index (κ1) is 19.2. The van der Waals surface area contributed by atoms with Crippen LogP contribution in [0.2, 0.25) is 0 Å². The number of carboxylic acid groups (broad SMARTS) is 1. The molecule has 1 heterocycles. The minimum atomic E-state index is -0.919. The van der Waals surface area contributed by atoms with Gasteiger partial charge in [-0.3, -0.25) is 0 Å². The third-order valence-corrected chi connectivity index (χ3v) is 5.19. The average molecular weight is 365 g/mol. The lowest BCUT2D eigenvalue weighted by molar-refractivity contribution is 0.0696. The fourth-order valence-corrected chi connectivity index (χ4v) is 3.67. The molecule has 27 heavy (non-hydrogen) atoms. The van der Waals surface area contributed by atoms with E-state index >= 15 is 0 Å². The number of aliphatic hydroxyl groups excluding tert-OH is 1. The van der Waals surface area contributed by atoms with Crippen molar-refractivity contribution >= 4 is 16.9 Å². The number of aromatic carboxylic acids is 1. The van der Waals surface area contributed by atoms with E-state index in [1.165, 1.54) is 5.56 Å². The Hall–Kier alpha value is -2.59. The third-order valence-electron chi connectivity index (χ3n) is 5.19.